The van der Waals surface area contributed by atoms with Gasteiger partial charge in [-0.15, -0.1) is 0 Å². The predicted octanol–water partition coefficient (Wildman–Crippen LogP) is 1.64. The maximum atomic E-state index is 11.3. The van der Waals surface area contributed by atoms with Crippen LogP contribution in [-0.4, -0.2) is 19.1 Å². The van der Waals surface area contributed by atoms with Crippen LogP contribution in [0.3, 0.4) is 0 Å². The fourth-order valence-corrected chi connectivity index (χ4v) is 1.09. The van der Waals surface area contributed by atoms with Crippen LogP contribution >= 0.6 is 0 Å². The number of amides is 1. The number of benzene rings is 1. The average Bonchev–Trinajstić information content (AvgIpc) is 2.36. The lowest BCUT2D eigenvalue weighted by Crippen LogP contribution is -2.30. The summed E-state index contributed by atoms with van der Waals surface area (Å²) in [6.07, 6.45) is 0. The van der Waals surface area contributed by atoms with Crippen LogP contribution in [0.25, 0.3) is 0 Å². The number of nitrogens with one attached hydrogen (secondary N) is 1. The molecule has 5 heteroatoms. The van der Waals surface area contributed by atoms with Gasteiger partial charge in [0.1, 0.15) is 5.75 Å². The minimum atomic E-state index is -0.347. The van der Waals surface area contributed by atoms with Crippen LogP contribution in [0, 0.1) is 17.2 Å². The lowest BCUT2D eigenvalue weighted by Gasteiger charge is -2.08. The molecule has 5 nitrogen and oxygen atoms in total. The number of nitriles is 1. The summed E-state index contributed by atoms with van der Waals surface area (Å²) < 4.78 is 5.22. The topological polar surface area (TPSA) is 71.3 Å². The van der Waals surface area contributed by atoms with Crippen LogP contribution in [0.5, 0.6) is 5.75 Å². The molecule has 0 aliphatic rings. The zero-order chi connectivity index (χ0) is 13.4. The van der Waals surface area contributed by atoms with Gasteiger partial charge in [-0.3, -0.25) is 9.63 Å². The molecule has 0 aliphatic heterocycles. The molecule has 0 unspecified atom stereocenters. The van der Waals surface area contributed by atoms with Crippen molar-refractivity contribution in [2.24, 2.45) is 5.92 Å². The van der Waals surface area contributed by atoms with E-state index in [1.165, 1.54) is 0 Å². The first-order valence-corrected chi connectivity index (χ1v) is 5.65. The van der Waals surface area contributed by atoms with Crippen molar-refractivity contribution in [1.29, 1.82) is 5.26 Å². The standard InChI is InChI=1S/C13H16N2O3/c1-10(2)8-18-15-13(16)9-17-12-5-3-11(7-14)4-6-12/h3-6,10H,8-9H2,1-2H3,(H,15,16). The van der Waals surface area contributed by atoms with Gasteiger partial charge in [0.2, 0.25) is 0 Å². The van der Waals surface area contributed by atoms with Gasteiger partial charge in [0.25, 0.3) is 5.91 Å². The zero-order valence-corrected chi connectivity index (χ0v) is 10.5. The molecule has 18 heavy (non-hydrogen) atoms. The molecule has 0 radical (unpaired) electrons. The van der Waals surface area contributed by atoms with Gasteiger partial charge < -0.3 is 4.74 Å². The van der Waals surface area contributed by atoms with Crippen molar-refractivity contribution in [1.82, 2.24) is 5.48 Å². The van der Waals surface area contributed by atoms with Crippen molar-refractivity contribution in [3.63, 3.8) is 0 Å². The Kier molecular flexibility index (Phi) is 5.68. The van der Waals surface area contributed by atoms with Gasteiger partial charge >= 0.3 is 0 Å². The summed E-state index contributed by atoms with van der Waals surface area (Å²) in [6.45, 7) is 4.31. The second-order valence-corrected chi connectivity index (χ2v) is 4.15. The van der Waals surface area contributed by atoms with Crippen LogP contribution in [0.4, 0.5) is 0 Å². The third kappa shape index (κ3) is 5.32. The van der Waals surface area contributed by atoms with E-state index < -0.39 is 0 Å². The normalized spacial score (nSPS) is 9.89. The van der Waals surface area contributed by atoms with Crippen LogP contribution in [-0.2, 0) is 9.63 Å². The van der Waals surface area contributed by atoms with Crippen molar-refractivity contribution in [2.45, 2.75) is 13.8 Å². The van der Waals surface area contributed by atoms with Gasteiger partial charge in [-0.2, -0.15) is 5.26 Å². The van der Waals surface area contributed by atoms with E-state index in [9.17, 15) is 4.79 Å². The van der Waals surface area contributed by atoms with Crippen LogP contribution in [0.2, 0.25) is 0 Å². The monoisotopic (exact) mass is 248 g/mol. The molecule has 0 fully saturated rings. The Hall–Kier alpha value is -2.06. The number of hydrogen-bond donors (Lipinski definition) is 1. The van der Waals surface area contributed by atoms with Crippen LogP contribution in [0.15, 0.2) is 24.3 Å². The Morgan fingerprint density at radius 3 is 2.61 bits per heavy atom. The Bertz CT molecular complexity index is 421. The van der Waals surface area contributed by atoms with Crippen molar-refractivity contribution < 1.29 is 14.4 Å². The second kappa shape index (κ2) is 7.30. The number of ether oxygens (including phenoxy) is 1. The number of carbonyl (C=O) groups is 1. The molecular formula is C13H16N2O3. The smallest absolute Gasteiger partial charge is 0.281 e. The molecule has 0 saturated heterocycles. The molecule has 1 aromatic rings. The minimum Gasteiger partial charge on any atom is -0.484 e. The second-order valence-electron chi connectivity index (χ2n) is 4.15. The molecule has 0 aliphatic carbocycles. The summed E-state index contributed by atoms with van der Waals surface area (Å²) in [5.41, 5.74) is 2.84. The number of carbonyl (C=O) groups excluding carboxylic acids is 1. The summed E-state index contributed by atoms with van der Waals surface area (Å²) in [6, 6.07) is 8.54. The SMILES string of the molecule is CC(C)CONC(=O)COc1ccc(C#N)cc1. The van der Waals surface area contributed by atoms with E-state index in [1.54, 1.807) is 24.3 Å². The quantitative estimate of drug-likeness (QED) is 0.777. The Labute approximate surface area is 106 Å². The number of hydrogen-bond acceptors (Lipinski definition) is 4. The molecule has 96 valence electrons. The first-order chi connectivity index (χ1) is 8.61. The average molecular weight is 248 g/mol. The van der Waals surface area contributed by atoms with Gasteiger partial charge in [-0.25, -0.2) is 5.48 Å². The molecule has 0 aromatic heterocycles. The lowest BCUT2D eigenvalue weighted by atomic mass is 10.2. The van der Waals surface area contributed by atoms with Gasteiger partial charge in [0.15, 0.2) is 6.61 Å². The summed E-state index contributed by atoms with van der Waals surface area (Å²) in [5.74, 6) is 0.540. The molecule has 1 amide bonds. The highest BCUT2D eigenvalue weighted by atomic mass is 16.7. The zero-order valence-electron chi connectivity index (χ0n) is 10.5. The number of rotatable bonds is 6. The summed E-state index contributed by atoms with van der Waals surface area (Å²) >= 11 is 0. The molecule has 0 atom stereocenters. The van der Waals surface area contributed by atoms with Gasteiger partial charge in [0, 0.05) is 0 Å². The Morgan fingerprint density at radius 1 is 1.39 bits per heavy atom. The van der Waals surface area contributed by atoms with Crippen LogP contribution in [0.1, 0.15) is 19.4 Å². The lowest BCUT2D eigenvalue weighted by molar-refractivity contribution is -0.136. The maximum Gasteiger partial charge on any atom is 0.281 e. The fourth-order valence-electron chi connectivity index (χ4n) is 1.09. The van der Waals surface area contributed by atoms with E-state index in [0.717, 1.165) is 0 Å². The Morgan fingerprint density at radius 2 is 2.06 bits per heavy atom. The summed E-state index contributed by atoms with van der Waals surface area (Å²) in [5, 5.41) is 8.62. The maximum absolute atomic E-state index is 11.3. The first kappa shape index (κ1) is 14.0. The van der Waals surface area contributed by atoms with Crippen molar-refractivity contribution >= 4 is 5.91 Å². The highest BCUT2D eigenvalue weighted by Gasteiger charge is 2.03. The van der Waals surface area contributed by atoms with E-state index in [-0.39, 0.29) is 12.5 Å². The third-order valence-corrected chi connectivity index (χ3v) is 1.96. The molecule has 1 aromatic carbocycles. The number of hydroxylamine groups is 1. The highest BCUT2D eigenvalue weighted by molar-refractivity contribution is 5.76. The van der Waals surface area contributed by atoms with Crippen LogP contribution < -0.4 is 10.2 Å². The third-order valence-electron chi connectivity index (χ3n) is 1.96. The molecule has 1 rings (SSSR count). The minimum absolute atomic E-state index is 0.121. The van der Waals surface area contributed by atoms with E-state index in [1.807, 2.05) is 19.9 Å². The van der Waals surface area contributed by atoms with E-state index in [4.69, 9.17) is 14.8 Å². The van der Waals surface area contributed by atoms with Crippen molar-refractivity contribution in [3.8, 4) is 11.8 Å². The first-order valence-electron chi connectivity index (χ1n) is 5.65. The van der Waals surface area contributed by atoms with Crippen molar-refractivity contribution in [2.75, 3.05) is 13.2 Å². The predicted molar refractivity (Wildman–Crippen MR) is 65.6 cm³/mol. The molecular weight excluding hydrogens is 232 g/mol. The van der Waals surface area contributed by atoms with E-state index in [2.05, 4.69) is 5.48 Å². The van der Waals surface area contributed by atoms with Gasteiger partial charge in [-0.1, -0.05) is 13.8 Å². The van der Waals surface area contributed by atoms with E-state index in [0.29, 0.717) is 23.8 Å². The molecule has 0 bridgehead atoms. The molecule has 1 N–H and O–H groups in total. The van der Waals surface area contributed by atoms with E-state index >= 15 is 0 Å². The molecule has 0 saturated carbocycles. The highest BCUT2D eigenvalue weighted by Crippen LogP contribution is 2.11. The van der Waals surface area contributed by atoms with Gasteiger partial charge in [0.05, 0.1) is 18.2 Å². The summed E-state index contributed by atoms with van der Waals surface area (Å²) in [4.78, 5) is 16.3. The fraction of sp³-hybridized carbons (Fsp3) is 0.385. The van der Waals surface area contributed by atoms with Crippen molar-refractivity contribution in [3.05, 3.63) is 29.8 Å². The number of nitrogens with zero attached hydrogens (tertiary/aromatic N) is 1. The van der Waals surface area contributed by atoms with Gasteiger partial charge in [-0.05, 0) is 30.2 Å². The summed E-state index contributed by atoms with van der Waals surface area (Å²) in [7, 11) is 0. The largest absolute Gasteiger partial charge is 0.484 e. The Balaban J connectivity index is 2.27. The molecule has 0 spiro atoms. The molecule has 0 heterocycles.